The molecule has 1 aliphatic carbocycles. The number of nitriles is 1. The number of fused-ring (bicyclic) bond motifs is 3. The molecule has 1 atom stereocenters. The van der Waals surface area contributed by atoms with E-state index in [1.54, 1.807) is 0 Å². The normalized spacial score (nSPS) is 16.5. The van der Waals surface area contributed by atoms with Gasteiger partial charge < -0.3 is 0 Å². The van der Waals surface area contributed by atoms with Crippen LogP contribution < -0.4 is 5.56 Å². The molecule has 4 nitrogen and oxygen atoms in total. The van der Waals surface area contributed by atoms with E-state index in [-0.39, 0.29) is 16.6 Å². The van der Waals surface area contributed by atoms with Gasteiger partial charge in [-0.25, -0.2) is 4.98 Å². The molecule has 30 heavy (non-hydrogen) atoms. The number of benzene rings is 1. The van der Waals surface area contributed by atoms with Gasteiger partial charge in [0.15, 0.2) is 5.16 Å². The van der Waals surface area contributed by atoms with E-state index in [2.05, 4.69) is 11.9 Å². The van der Waals surface area contributed by atoms with Gasteiger partial charge in [-0.05, 0) is 48.9 Å². The predicted molar refractivity (Wildman–Crippen MR) is 113 cm³/mol. The molecule has 2 aromatic heterocycles. The number of aromatic nitrogens is 2. The van der Waals surface area contributed by atoms with Gasteiger partial charge in [0.1, 0.15) is 4.83 Å². The van der Waals surface area contributed by atoms with E-state index in [1.807, 2.05) is 6.07 Å². The van der Waals surface area contributed by atoms with Crippen LogP contribution >= 0.6 is 34.7 Å². The van der Waals surface area contributed by atoms with Crippen LogP contribution in [0.1, 0.15) is 29.3 Å². The molecule has 0 saturated carbocycles. The molecule has 2 heterocycles. The zero-order valence-electron chi connectivity index (χ0n) is 15.7. The maximum atomic E-state index is 13.5. The summed E-state index contributed by atoms with van der Waals surface area (Å²) in [7, 11) is 0. The number of nitrogens with zero attached hydrogens (tertiary/aromatic N) is 3. The van der Waals surface area contributed by atoms with Crippen LogP contribution in [0.4, 0.5) is 13.2 Å². The number of rotatable bonds is 3. The highest BCUT2D eigenvalue weighted by molar-refractivity contribution is 7.99. The summed E-state index contributed by atoms with van der Waals surface area (Å²) < 4.78 is 41.3. The van der Waals surface area contributed by atoms with E-state index in [1.165, 1.54) is 22.0 Å². The zero-order valence-corrected chi connectivity index (χ0v) is 18.1. The second-order valence-corrected chi connectivity index (χ2v) is 9.61. The Balaban J connectivity index is 2.00. The highest BCUT2D eigenvalue weighted by Gasteiger charge is 2.34. The fraction of sp³-hybridized carbons (Fsp3) is 0.350. The molecule has 0 radical (unpaired) electrons. The molecule has 0 bridgehead atoms. The third-order valence-corrected chi connectivity index (χ3v) is 7.36. The van der Waals surface area contributed by atoms with Crippen molar-refractivity contribution in [3.8, 4) is 11.8 Å². The maximum Gasteiger partial charge on any atom is 0.417 e. The van der Waals surface area contributed by atoms with Crippen molar-refractivity contribution in [3.05, 3.63) is 49.6 Å². The highest BCUT2D eigenvalue weighted by Crippen LogP contribution is 2.38. The first-order chi connectivity index (χ1) is 14.2. The van der Waals surface area contributed by atoms with Crippen LogP contribution in [0.5, 0.6) is 0 Å². The molecule has 0 N–H and O–H groups in total. The minimum absolute atomic E-state index is 0.0137. The van der Waals surface area contributed by atoms with Gasteiger partial charge in [0.05, 0.1) is 33.5 Å². The molecule has 0 saturated heterocycles. The molecule has 0 spiro atoms. The van der Waals surface area contributed by atoms with Gasteiger partial charge in [0.25, 0.3) is 5.56 Å². The summed E-state index contributed by atoms with van der Waals surface area (Å²) >= 11 is 8.22. The van der Waals surface area contributed by atoms with Crippen LogP contribution in [0.3, 0.4) is 0 Å². The largest absolute Gasteiger partial charge is 0.417 e. The molecule has 1 aliphatic rings. The smallest absolute Gasteiger partial charge is 0.268 e. The Morgan fingerprint density at radius 1 is 1.43 bits per heavy atom. The second kappa shape index (κ2) is 7.91. The lowest BCUT2D eigenvalue weighted by molar-refractivity contribution is -0.137. The molecule has 0 amide bonds. The van der Waals surface area contributed by atoms with Gasteiger partial charge in [-0.1, -0.05) is 30.3 Å². The zero-order chi connectivity index (χ0) is 21.6. The van der Waals surface area contributed by atoms with Crippen molar-refractivity contribution in [3.63, 3.8) is 0 Å². The molecule has 1 unspecified atom stereocenters. The molecular weight excluding hydrogens is 455 g/mol. The van der Waals surface area contributed by atoms with Crippen LogP contribution in [-0.4, -0.2) is 15.3 Å². The summed E-state index contributed by atoms with van der Waals surface area (Å²) in [4.78, 5) is 19.7. The Morgan fingerprint density at radius 3 is 2.90 bits per heavy atom. The lowest BCUT2D eigenvalue weighted by Gasteiger charge is -2.18. The molecule has 10 heteroatoms. The lowest BCUT2D eigenvalue weighted by Crippen LogP contribution is -2.23. The number of aryl methyl sites for hydroxylation is 1. The fourth-order valence-corrected chi connectivity index (χ4v) is 5.98. The maximum absolute atomic E-state index is 13.5. The Morgan fingerprint density at radius 2 is 2.20 bits per heavy atom. The van der Waals surface area contributed by atoms with Crippen LogP contribution in [0.25, 0.3) is 15.9 Å². The standard InChI is InChI=1S/C20H15ClF3N3OS2/c1-10-2-4-12-15(8-10)30-17-16(12)18(28)27(19(26-17)29-7-6-25)11-3-5-14(21)13(9-11)20(22,23)24/h3,5,9-10H,2,4,7-8H2,1H3. The van der Waals surface area contributed by atoms with Crippen LogP contribution in [-0.2, 0) is 19.0 Å². The SMILES string of the molecule is CC1CCc2c(sc3nc(SCC#N)n(-c4ccc(Cl)c(C(F)(F)F)c4)c(=O)c23)C1. The molecule has 3 aromatic rings. The van der Waals surface area contributed by atoms with E-state index >= 15 is 0 Å². The van der Waals surface area contributed by atoms with Crippen molar-refractivity contribution >= 4 is 44.9 Å². The van der Waals surface area contributed by atoms with E-state index < -0.39 is 22.3 Å². The summed E-state index contributed by atoms with van der Waals surface area (Å²) in [6.45, 7) is 2.15. The van der Waals surface area contributed by atoms with Gasteiger partial charge in [-0.3, -0.25) is 9.36 Å². The van der Waals surface area contributed by atoms with Crippen molar-refractivity contribution in [1.82, 2.24) is 9.55 Å². The monoisotopic (exact) mass is 469 g/mol. The van der Waals surface area contributed by atoms with E-state index in [0.717, 1.165) is 53.6 Å². The van der Waals surface area contributed by atoms with Crippen molar-refractivity contribution < 1.29 is 13.2 Å². The minimum atomic E-state index is -4.66. The topological polar surface area (TPSA) is 58.7 Å². The Bertz CT molecular complexity index is 1240. The predicted octanol–water partition coefficient (Wildman–Crippen LogP) is 5.86. The van der Waals surface area contributed by atoms with Gasteiger partial charge >= 0.3 is 6.18 Å². The van der Waals surface area contributed by atoms with Crippen LogP contribution in [0.15, 0.2) is 28.2 Å². The molecule has 4 rings (SSSR count). The van der Waals surface area contributed by atoms with Gasteiger partial charge in [-0.15, -0.1) is 11.3 Å². The average Bonchev–Trinajstić information content (AvgIpc) is 3.03. The first-order valence-corrected chi connectivity index (χ1v) is 11.3. The summed E-state index contributed by atoms with van der Waals surface area (Å²) in [6, 6.07) is 5.32. The first-order valence-electron chi connectivity index (χ1n) is 9.15. The fourth-order valence-electron chi connectivity index (χ4n) is 3.66. The van der Waals surface area contributed by atoms with Crippen molar-refractivity contribution in [2.24, 2.45) is 5.92 Å². The molecule has 0 fully saturated rings. The molecule has 0 aliphatic heterocycles. The Labute approximate surface area is 183 Å². The number of thiophene rings is 1. The summed E-state index contributed by atoms with van der Waals surface area (Å²) in [6.07, 6.45) is -2.11. The Hall–Kier alpha value is -2.02. The first kappa shape index (κ1) is 21.2. The second-order valence-electron chi connectivity index (χ2n) is 7.18. The van der Waals surface area contributed by atoms with Gasteiger partial charge in [0.2, 0.25) is 0 Å². The highest BCUT2D eigenvalue weighted by atomic mass is 35.5. The third kappa shape index (κ3) is 3.72. The van der Waals surface area contributed by atoms with Gasteiger partial charge in [0, 0.05) is 4.88 Å². The Kier molecular flexibility index (Phi) is 5.60. The average molecular weight is 470 g/mol. The van der Waals surface area contributed by atoms with E-state index in [4.69, 9.17) is 16.9 Å². The summed E-state index contributed by atoms with van der Waals surface area (Å²) in [5.74, 6) is 0.519. The van der Waals surface area contributed by atoms with Gasteiger partial charge in [-0.2, -0.15) is 18.4 Å². The molecular formula is C20H15ClF3N3OS2. The number of halogens is 4. The number of alkyl halides is 3. The quantitative estimate of drug-likeness (QED) is 0.356. The van der Waals surface area contributed by atoms with Crippen molar-refractivity contribution in [1.29, 1.82) is 5.26 Å². The van der Waals surface area contributed by atoms with E-state index in [9.17, 15) is 18.0 Å². The summed E-state index contributed by atoms with van der Waals surface area (Å²) in [5, 5.41) is 9.18. The number of thioether (sulfide) groups is 1. The molecule has 156 valence electrons. The van der Waals surface area contributed by atoms with Crippen LogP contribution in [0, 0.1) is 17.2 Å². The number of hydrogen-bond acceptors (Lipinski definition) is 5. The van der Waals surface area contributed by atoms with Crippen molar-refractivity contribution in [2.45, 2.75) is 37.5 Å². The molecule has 1 aromatic carbocycles. The van der Waals surface area contributed by atoms with Crippen LogP contribution in [0.2, 0.25) is 5.02 Å². The van der Waals surface area contributed by atoms with Crippen molar-refractivity contribution in [2.75, 3.05) is 5.75 Å². The minimum Gasteiger partial charge on any atom is -0.268 e. The lowest BCUT2D eigenvalue weighted by atomic mass is 9.89. The summed E-state index contributed by atoms with van der Waals surface area (Å²) in [5.41, 5.74) is -0.467. The number of hydrogen-bond donors (Lipinski definition) is 0. The third-order valence-electron chi connectivity index (χ3n) is 5.08. The van der Waals surface area contributed by atoms with E-state index in [0.29, 0.717) is 16.1 Å².